The summed E-state index contributed by atoms with van der Waals surface area (Å²) in [4.78, 5) is 35.0. The molecule has 1 unspecified atom stereocenters. The van der Waals surface area contributed by atoms with E-state index in [9.17, 15) is 23.1 Å². The maximum Gasteiger partial charge on any atom is 0.320 e. The van der Waals surface area contributed by atoms with Gasteiger partial charge in [-0.3, -0.25) is 24.7 Å². The van der Waals surface area contributed by atoms with Crippen LogP contribution in [0.2, 0.25) is 0 Å². The molecule has 2 fully saturated rings. The summed E-state index contributed by atoms with van der Waals surface area (Å²) in [5.74, 6) is -2.12. The Kier molecular flexibility index (Phi) is 13.7. The molecule has 1 aliphatic carbocycles. The Balaban J connectivity index is 0.00000325. The summed E-state index contributed by atoms with van der Waals surface area (Å²) in [5, 5.41) is 28.3. The van der Waals surface area contributed by atoms with Gasteiger partial charge in [-0.2, -0.15) is 0 Å². The second kappa shape index (κ2) is 17.0. The van der Waals surface area contributed by atoms with Crippen molar-refractivity contribution in [2.75, 3.05) is 23.1 Å². The summed E-state index contributed by atoms with van der Waals surface area (Å²) >= 11 is 0. The number of piperidine rings is 1. The first-order valence-corrected chi connectivity index (χ1v) is 17.4. The van der Waals surface area contributed by atoms with Crippen molar-refractivity contribution in [1.29, 1.82) is 10.8 Å². The zero-order chi connectivity index (χ0) is 33.7. The molecule has 2 heterocycles. The first-order chi connectivity index (χ1) is 22.4. The fourth-order valence-corrected chi connectivity index (χ4v) is 7.74. The molecule has 2 aliphatic rings. The van der Waals surface area contributed by atoms with Crippen LogP contribution >= 0.6 is 24.8 Å². The molecule has 14 nitrogen and oxygen atoms in total. The van der Waals surface area contributed by atoms with Crippen LogP contribution in [0.4, 0.5) is 5.69 Å². The Labute approximate surface area is 298 Å². The molecular formula is C32H44Cl2N8O6S. The van der Waals surface area contributed by atoms with E-state index in [4.69, 9.17) is 21.3 Å². The van der Waals surface area contributed by atoms with Crippen molar-refractivity contribution in [3.05, 3.63) is 53.9 Å². The monoisotopic (exact) mass is 738 g/mol. The van der Waals surface area contributed by atoms with Crippen molar-refractivity contribution in [2.45, 2.75) is 76.5 Å². The van der Waals surface area contributed by atoms with Crippen LogP contribution in [0.1, 0.15) is 75.7 Å². The van der Waals surface area contributed by atoms with Crippen molar-refractivity contribution in [3.63, 3.8) is 0 Å². The van der Waals surface area contributed by atoms with Gasteiger partial charge in [-0.15, -0.1) is 24.8 Å². The number of amides is 1. The van der Waals surface area contributed by atoms with Crippen LogP contribution in [0.5, 0.6) is 5.75 Å². The molecule has 1 saturated carbocycles. The van der Waals surface area contributed by atoms with Gasteiger partial charge in [0.2, 0.25) is 15.9 Å². The maximum absolute atomic E-state index is 13.8. The number of amidine groups is 2. The third kappa shape index (κ3) is 9.98. The van der Waals surface area contributed by atoms with Gasteiger partial charge in [-0.25, -0.2) is 13.4 Å². The molecule has 0 radical (unpaired) electrons. The predicted octanol–water partition coefficient (Wildman–Crippen LogP) is 4.33. The number of carbonyl (C=O) groups excluding carboxylic acids is 1. The number of likely N-dealkylation sites (tertiary alicyclic amines) is 1. The Hall–Kier alpha value is -4.08. The number of hydrogen-bond acceptors (Lipinski definition) is 8. The predicted molar refractivity (Wildman–Crippen MR) is 193 cm³/mol. The molecule has 0 spiro atoms. The van der Waals surface area contributed by atoms with E-state index in [1.807, 2.05) is 4.90 Å². The van der Waals surface area contributed by atoms with Crippen molar-refractivity contribution in [3.8, 4) is 5.75 Å². The quantitative estimate of drug-likeness (QED) is 0.115. The van der Waals surface area contributed by atoms with Gasteiger partial charge in [0.25, 0.3) is 0 Å². The van der Waals surface area contributed by atoms with E-state index < -0.39 is 27.8 Å². The molecule has 1 aromatic heterocycles. The minimum Gasteiger partial charge on any atom is -0.490 e. The number of carboxylic acids is 1. The number of carbonyl (C=O) groups is 2. The minimum atomic E-state index is -4.54. The highest BCUT2D eigenvalue weighted by Crippen LogP contribution is 2.35. The molecule has 1 aliphatic heterocycles. The lowest BCUT2D eigenvalue weighted by molar-refractivity contribution is -0.134. The highest BCUT2D eigenvalue weighted by Gasteiger charge is 2.37. The fraction of sp³-hybridized carbons (Fsp3) is 0.469. The lowest BCUT2D eigenvalue weighted by atomic mass is 9.95. The molecular weight excluding hydrogens is 695 g/mol. The first-order valence-electron chi connectivity index (χ1n) is 15.8. The Morgan fingerprint density at radius 2 is 1.73 bits per heavy atom. The van der Waals surface area contributed by atoms with Crippen LogP contribution in [-0.2, 0) is 19.6 Å². The van der Waals surface area contributed by atoms with E-state index in [1.54, 1.807) is 37.3 Å². The highest BCUT2D eigenvalue weighted by molar-refractivity contribution is 7.93. The zero-order valence-electron chi connectivity index (χ0n) is 27.2. The molecule has 7 N–H and O–H groups in total. The molecule has 2 aromatic carbocycles. The average molecular weight is 740 g/mol. The van der Waals surface area contributed by atoms with Gasteiger partial charge >= 0.3 is 5.97 Å². The number of aromatic amines is 1. The standard InChI is InChI=1S/C32H42N8O6S.2ClH/c1-20(33)39-15-13-25(14-16-39)46-24-10-8-23(9-11-24)40(47(44,45)19-30(42)43)28(18-29(41)36-22-5-3-2-4-6-22)32-37-26-12-7-21(31(34)35)17-27(26)38-32;;/h7-12,17,22,25,28,33H,2-6,13-16,18-19H2,1H3,(H3,34,35)(H,36,41)(H,37,38)(H,42,43);2*1H. The average Bonchev–Trinajstić information content (AvgIpc) is 3.45. The number of nitrogens with two attached hydrogens (primary N) is 1. The smallest absolute Gasteiger partial charge is 0.320 e. The molecule has 0 bridgehead atoms. The van der Waals surface area contributed by atoms with E-state index >= 15 is 0 Å². The number of sulfonamides is 1. The molecule has 1 saturated heterocycles. The second-order valence-corrected chi connectivity index (χ2v) is 14.1. The first kappa shape index (κ1) is 39.4. The van der Waals surface area contributed by atoms with Crippen LogP contribution < -0.4 is 20.1 Å². The minimum absolute atomic E-state index is 0. The number of hydrogen-bond donors (Lipinski definition) is 6. The van der Waals surface area contributed by atoms with E-state index in [0.717, 1.165) is 49.3 Å². The molecule has 268 valence electrons. The van der Waals surface area contributed by atoms with Crippen molar-refractivity contribution >= 4 is 75.1 Å². The molecule has 3 aromatic rings. The highest BCUT2D eigenvalue weighted by atomic mass is 35.5. The number of halogens is 2. The lowest BCUT2D eigenvalue weighted by Gasteiger charge is -2.33. The van der Waals surface area contributed by atoms with E-state index in [0.29, 0.717) is 41.3 Å². The van der Waals surface area contributed by atoms with Gasteiger partial charge in [-0.05, 0) is 62.2 Å². The number of benzene rings is 2. The Morgan fingerprint density at radius 1 is 1.08 bits per heavy atom. The van der Waals surface area contributed by atoms with E-state index in [1.165, 1.54) is 12.1 Å². The lowest BCUT2D eigenvalue weighted by Crippen LogP contribution is -2.43. The number of imidazole rings is 1. The van der Waals surface area contributed by atoms with Crippen LogP contribution in [-0.4, -0.2) is 82.9 Å². The van der Waals surface area contributed by atoms with Crippen LogP contribution in [0.15, 0.2) is 42.5 Å². The van der Waals surface area contributed by atoms with Gasteiger partial charge < -0.3 is 30.8 Å². The summed E-state index contributed by atoms with van der Waals surface area (Å²) in [6.07, 6.45) is 5.80. The number of ether oxygens (including phenoxy) is 1. The number of H-pyrrole nitrogens is 1. The number of rotatable bonds is 12. The zero-order valence-corrected chi connectivity index (χ0v) is 29.6. The number of carboxylic acid groups (broad SMARTS) is 1. The van der Waals surface area contributed by atoms with Gasteiger partial charge in [0.1, 0.15) is 29.6 Å². The number of nitrogens with zero attached hydrogens (tertiary/aromatic N) is 3. The third-order valence-electron chi connectivity index (χ3n) is 8.68. The molecule has 1 atom stereocenters. The van der Waals surface area contributed by atoms with Crippen molar-refractivity contribution in [2.24, 2.45) is 5.73 Å². The van der Waals surface area contributed by atoms with Crippen molar-refractivity contribution < 1.29 is 27.9 Å². The second-order valence-electron chi connectivity index (χ2n) is 12.2. The van der Waals surface area contributed by atoms with Gasteiger partial charge in [0.15, 0.2) is 5.75 Å². The van der Waals surface area contributed by atoms with Crippen LogP contribution in [0.25, 0.3) is 11.0 Å². The number of anilines is 1. The van der Waals surface area contributed by atoms with Gasteiger partial charge in [-0.1, -0.05) is 19.3 Å². The third-order valence-corrected chi connectivity index (χ3v) is 10.4. The maximum atomic E-state index is 13.8. The molecule has 49 heavy (non-hydrogen) atoms. The largest absolute Gasteiger partial charge is 0.490 e. The van der Waals surface area contributed by atoms with Crippen LogP contribution in [0, 0.1) is 10.8 Å². The summed E-state index contributed by atoms with van der Waals surface area (Å²) in [5.41, 5.74) is 7.19. The summed E-state index contributed by atoms with van der Waals surface area (Å²) in [7, 11) is -4.54. The SMILES string of the molecule is CC(=N)N1CCC(Oc2ccc(N(C(CC(=O)NC3CCCCC3)c3nc4cc(C(=N)N)ccc4[nH]3)S(=O)(=O)CC(=O)O)cc2)CC1.Cl.Cl. The number of nitrogens with one attached hydrogen (secondary N) is 4. The summed E-state index contributed by atoms with van der Waals surface area (Å²) in [6, 6.07) is 9.96. The Bertz CT molecular complexity index is 1740. The molecule has 1 amide bonds. The summed E-state index contributed by atoms with van der Waals surface area (Å²) in [6.45, 7) is 3.16. The normalized spacial score (nSPS) is 16.1. The number of nitrogen functional groups attached to an aromatic ring is 1. The van der Waals surface area contributed by atoms with E-state index in [2.05, 4.69) is 15.3 Å². The fourth-order valence-electron chi connectivity index (χ4n) is 6.28. The number of aliphatic carboxylic acids is 1. The number of aromatic nitrogens is 2. The van der Waals surface area contributed by atoms with Gasteiger partial charge in [0, 0.05) is 37.5 Å². The molecule has 5 rings (SSSR count). The van der Waals surface area contributed by atoms with Crippen molar-refractivity contribution in [1.82, 2.24) is 20.2 Å². The Morgan fingerprint density at radius 3 is 2.33 bits per heavy atom. The van der Waals surface area contributed by atoms with Crippen LogP contribution in [0.3, 0.4) is 0 Å². The van der Waals surface area contributed by atoms with E-state index in [-0.39, 0.29) is 66.6 Å². The summed E-state index contributed by atoms with van der Waals surface area (Å²) < 4.78 is 34.8. The van der Waals surface area contributed by atoms with Gasteiger partial charge in [0.05, 0.1) is 29.0 Å². The molecule has 17 heteroatoms. The topological polar surface area (TPSA) is 219 Å². The number of fused-ring (bicyclic) bond motifs is 1.